The highest BCUT2D eigenvalue weighted by atomic mass is 19.4. The maximum Gasteiger partial charge on any atom is 0.407 e. The number of likely N-dealkylation sites (tertiary alicyclic amines) is 1. The van der Waals surface area contributed by atoms with Crippen LogP contribution in [0.25, 0.3) is 11.1 Å². The van der Waals surface area contributed by atoms with Crippen LogP contribution < -0.4 is 5.32 Å². The number of carboxylic acids is 1. The van der Waals surface area contributed by atoms with Gasteiger partial charge in [0.15, 0.2) is 5.92 Å². The van der Waals surface area contributed by atoms with E-state index in [1.807, 2.05) is 48.5 Å². The molecule has 0 saturated carbocycles. The van der Waals surface area contributed by atoms with Crippen molar-refractivity contribution in [3.05, 3.63) is 59.7 Å². The molecule has 1 heterocycles. The van der Waals surface area contributed by atoms with E-state index in [0.717, 1.165) is 27.2 Å². The fourth-order valence-electron chi connectivity index (χ4n) is 4.56. The average molecular weight is 476 g/mol. The second-order valence-corrected chi connectivity index (χ2v) is 8.41. The monoisotopic (exact) mass is 476 g/mol. The Morgan fingerprint density at radius 2 is 1.65 bits per heavy atom. The van der Waals surface area contributed by atoms with Crippen molar-refractivity contribution in [1.29, 1.82) is 0 Å². The summed E-state index contributed by atoms with van der Waals surface area (Å²) in [6.45, 7) is -1.43. The number of aliphatic carboxylic acids is 1. The number of rotatable bonds is 6. The lowest BCUT2D eigenvalue weighted by molar-refractivity contribution is -0.187. The Hall–Kier alpha value is -3.56. The van der Waals surface area contributed by atoms with E-state index in [2.05, 4.69) is 5.32 Å². The van der Waals surface area contributed by atoms with Crippen LogP contribution in [0.15, 0.2) is 48.5 Å². The van der Waals surface area contributed by atoms with Crippen molar-refractivity contribution in [3.63, 3.8) is 0 Å². The van der Waals surface area contributed by atoms with Crippen LogP contribution in [0.4, 0.5) is 18.0 Å². The molecule has 1 aliphatic heterocycles. The summed E-state index contributed by atoms with van der Waals surface area (Å²) >= 11 is 0. The number of alkyl halides is 3. The molecule has 2 aliphatic rings. The molecule has 2 N–H and O–H groups in total. The van der Waals surface area contributed by atoms with E-state index < -0.39 is 42.5 Å². The minimum atomic E-state index is -4.91. The highest BCUT2D eigenvalue weighted by Crippen LogP contribution is 2.44. The molecule has 2 unspecified atom stereocenters. The van der Waals surface area contributed by atoms with Crippen LogP contribution in [0, 0.1) is 11.8 Å². The van der Waals surface area contributed by atoms with Gasteiger partial charge in [-0.25, -0.2) is 4.79 Å². The molecule has 2 amide bonds. The van der Waals surface area contributed by atoms with Crippen molar-refractivity contribution in [2.75, 3.05) is 26.2 Å². The van der Waals surface area contributed by atoms with Gasteiger partial charge < -0.3 is 20.1 Å². The molecule has 7 nitrogen and oxygen atoms in total. The molecule has 1 saturated heterocycles. The van der Waals surface area contributed by atoms with Crippen molar-refractivity contribution in [2.24, 2.45) is 11.8 Å². The predicted octanol–water partition coefficient (Wildman–Crippen LogP) is 3.64. The first-order chi connectivity index (χ1) is 16.2. The van der Waals surface area contributed by atoms with Crippen LogP contribution in [0.5, 0.6) is 0 Å². The topological polar surface area (TPSA) is 95.9 Å². The molecule has 180 valence electrons. The molecule has 1 fully saturated rings. The first-order valence-corrected chi connectivity index (χ1v) is 10.8. The number of ether oxygens (including phenoxy) is 1. The SMILES string of the molecule is O=C(NCC(C(=O)N1CCC(C(=O)O)C1)C(F)(F)F)OCC1c2ccccc2-c2ccccc21. The first kappa shape index (κ1) is 23.6. The van der Waals surface area contributed by atoms with Crippen molar-refractivity contribution in [1.82, 2.24) is 10.2 Å². The number of nitrogens with one attached hydrogen (secondary N) is 1. The van der Waals surface area contributed by atoms with Crippen LogP contribution >= 0.6 is 0 Å². The van der Waals surface area contributed by atoms with Crippen LogP contribution in [-0.2, 0) is 14.3 Å². The van der Waals surface area contributed by atoms with Crippen LogP contribution in [0.3, 0.4) is 0 Å². The van der Waals surface area contributed by atoms with Gasteiger partial charge in [0.05, 0.1) is 5.92 Å². The number of hydrogen-bond donors (Lipinski definition) is 2. The Balaban J connectivity index is 1.37. The smallest absolute Gasteiger partial charge is 0.407 e. The van der Waals surface area contributed by atoms with E-state index in [0.29, 0.717) is 0 Å². The second-order valence-electron chi connectivity index (χ2n) is 8.41. The highest BCUT2D eigenvalue weighted by molar-refractivity contribution is 5.82. The van der Waals surface area contributed by atoms with Gasteiger partial charge in [-0.15, -0.1) is 0 Å². The summed E-state index contributed by atoms with van der Waals surface area (Å²) in [5.41, 5.74) is 3.95. The minimum Gasteiger partial charge on any atom is -0.481 e. The van der Waals surface area contributed by atoms with Gasteiger partial charge in [-0.05, 0) is 28.7 Å². The molecule has 0 bridgehead atoms. The molecule has 0 radical (unpaired) electrons. The quantitative estimate of drug-likeness (QED) is 0.664. The third-order valence-electron chi connectivity index (χ3n) is 6.34. The lowest BCUT2D eigenvalue weighted by Crippen LogP contribution is -2.47. The zero-order valence-electron chi connectivity index (χ0n) is 18.0. The summed E-state index contributed by atoms with van der Waals surface area (Å²) in [4.78, 5) is 36.6. The Bertz CT molecular complexity index is 1060. The minimum absolute atomic E-state index is 0.0725. The third kappa shape index (κ3) is 4.71. The van der Waals surface area contributed by atoms with Gasteiger partial charge in [0.1, 0.15) is 6.61 Å². The van der Waals surface area contributed by atoms with Gasteiger partial charge in [-0.1, -0.05) is 48.5 Å². The van der Waals surface area contributed by atoms with Crippen LogP contribution in [0.1, 0.15) is 23.5 Å². The number of carboxylic acid groups (broad SMARTS) is 1. The number of nitrogens with zero attached hydrogens (tertiary/aromatic N) is 1. The molecule has 0 aromatic heterocycles. The molecule has 2 aromatic carbocycles. The van der Waals surface area contributed by atoms with Gasteiger partial charge >= 0.3 is 18.2 Å². The Kier molecular flexibility index (Phi) is 6.49. The molecule has 10 heteroatoms. The zero-order valence-corrected chi connectivity index (χ0v) is 18.0. The maximum atomic E-state index is 13.5. The number of fused-ring (bicyclic) bond motifs is 3. The second kappa shape index (κ2) is 9.36. The predicted molar refractivity (Wildman–Crippen MR) is 115 cm³/mol. The largest absolute Gasteiger partial charge is 0.481 e. The molecular formula is C24H23F3N2O5. The summed E-state index contributed by atoms with van der Waals surface area (Å²) in [5.74, 6) is -6.05. The molecule has 2 aromatic rings. The Labute approximate surface area is 193 Å². The fourth-order valence-corrected chi connectivity index (χ4v) is 4.56. The molecule has 34 heavy (non-hydrogen) atoms. The Morgan fingerprint density at radius 1 is 1.06 bits per heavy atom. The van der Waals surface area contributed by atoms with E-state index in [4.69, 9.17) is 9.84 Å². The van der Waals surface area contributed by atoms with Crippen LogP contribution in [0.2, 0.25) is 0 Å². The highest BCUT2D eigenvalue weighted by Gasteiger charge is 2.48. The Morgan fingerprint density at radius 3 is 2.18 bits per heavy atom. The number of alkyl carbamates (subject to hydrolysis) is 1. The molecular weight excluding hydrogens is 453 g/mol. The maximum absolute atomic E-state index is 13.5. The summed E-state index contributed by atoms with van der Waals surface area (Å²) in [7, 11) is 0. The van der Waals surface area contributed by atoms with Crippen molar-refractivity contribution in [3.8, 4) is 11.1 Å². The molecule has 1 aliphatic carbocycles. The molecule has 2 atom stereocenters. The van der Waals surface area contributed by atoms with Gasteiger partial charge in [0.2, 0.25) is 5.91 Å². The zero-order chi connectivity index (χ0) is 24.5. The standard InChI is InChI=1S/C24H23F3N2O5/c25-24(26,27)20(21(30)29-10-9-14(12-29)22(31)32)11-28-23(33)34-13-19-17-7-3-1-5-15(17)16-6-2-4-8-18(16)19/h1-8,14,19-20H,9-13H2,(H,28,33)(H,31,32). The van der Waals surface area contributed by atoms with Gasteiger partial charge in [0, 0.05) is 25.6 Å². The summed E-state index contributed by atoms with van der Waals surface area (Å²) in [6, 6.07) is 15.3. The van der Waals surface area contributed by atoms with Crippen molar-refractivity contribution in [2.45, 2.75) is 18.5 Å². The number of halogens is 3. The summed E-state index contributed by atoms with van der Waals surface area (Å²) in [5, 5.41) is 11.1. The lowest BCUT2D eigenvalue weighted by atomic mass is 9.98. The van der Waals surface area contributed by atoms with E-state index in [1.165, 1.54) is 0 Å². The van der Waals surface area contributed by atoms with E-state index in [-0.39, 0.29) is 32.0 Å². The van der Waals surface area contributed by atoms with Gasteiger partial charge in [-0.3, -0.25) is 9.59 Å². The summed E-state index contributed by atoms with van der Waals surface area (Å²) in [6.07, 6.45) is -5.88. The van der Waals surface area contributed by atoms with Crippen LogP contribution in [-0.4, -0.2) is 60.4 Å². The van der Waals surface area contributed by atoms with Gasteiger partial charge in [-0.2, -0.15) is 13.2 Å². The first-order valence-electron chi connectivity index (χ1n) is 10.8. The van der Waals surface area contributed by atoms with E-state index in [9.17, 15) is 27.6 Å². The van der Waals surface area contributed by atoms with Gasteiger partial charge in [0.25, 0.3) is 0 Å². The number of amides is 2. The number of carbonyl (C=O) groups excluding carboxylic acids is 2. The number of carbonyl (C=O) groups is 3. The third-order valence-corrected chi connectivity index (χ3v) is 6.34. The number of hydrogen-bond acceptors (Lipinski definition) is 4. The van der Waals surface area contributed by atoms with Crippen molar-refractivity contribution < 1.29 is 37.4 Å². The average Bonchev–Trinajstić information content (AvgIpc) is 3.41. The molecule has 4 rings (SSSR count). The molecule has 0 spiro atoms. The van der Waals surface area contributed by atoms with Crippen molar-refractivity contribution >= 4 is 18.0 Å². The van der Waals surface area contributed by atoms with E-state index in [1.54, 1.807) is 0 Å². The van der Waals surface area contributed by atoms with E-state index >= 15 is 0 Å². The normalized spacial score (nSPS) is 18.2. The summed E-state index contributed by atoms with van der Waals surface area (Å²) < 4.78 is 45.8. The number of benzene rings is 2. The lowest BCUT2D eigenvalue weighted by Gasteiger charge is -2.25. The fraction of sp³-hybridized carbons (Fsp3) is 0.375.